The minimum absolute atomic E-state index is 0. The van der Waals surface area contributed by atoms with E-state index in [-0.39, 0.29) is 48.1 Å². The first kappa shape index (κ1) is 20.4. The first-order valence-corrected chi connectivity index (χ1v) is 7.92. The van der Waals surface area contributed by atoms with Gasteiger partial charge < -0.3 is 15.5 Å². The number of hydrogen-bond acceptors (Lipinski definition) is 4. The number of rotatable bonds is 4. The van der Waals surface area contributed by atoms with Gasteiger partial charge in [-0.2, -0.15) is 5.10 Å². The van der Waals surface area contributed by atoms with Crippen LogP contribution in [0.15, 0.2) is 12.4 Å². The van der Waals surface area contributed by atoms with E-state index >= 15 is 0 Å². The summed E-state index contributed by atoms with van der Waals surface area (Å²) in [6, 6.07) is 0. The molecular weight excluding hydrogens is 330 g/mol. The second kappa shape index (κ2) is 7.98. The van der Waals surface area contributed by atoms with Crippen molar-refractivity contribution in [2.24, 2.45) is 13.0 Å². The Morgan fingerprint density at radius 3 is 2.62 bits per heavy atom. The predicted molar refractivity (Wildman–Crippen MR) is 95.1 cm³/mol. The maximum atomic E-state index is 12.7. The summed E-state index contributed by atoms with van der Waals surface area (Å²) in [5.41, 5.74) is 0.761. The molecule has 0 aliphatic carbocycles. The second-order valence-electron chi connectivity index (χ2n) is 7.31. The number of halogens is 1. The molecule has 0 unspecified atom stereocenters. The van der Waals surface area contributed by atoms with Gasteiger partial charge in [-0.15, -0.1) is 12.4 Å². The summed E-state index contributed by atoms with van der Waals surface area (Å²) in [7, 11) is 3.55. The topological polar surface area (TPSA) is 79.3 Å². The summed E-state index contributed by atoms with van der Waals surface area (Å²) in [5, 5.41) is 10.3. The van der Waals surface area contributed by atoms with E-state index in [9.17, 15) is 9.59 Å². The van der Waals surface area contributed by atoms with Crippen LogP contribution < -0.4 is 10.6 Å². The predicted octanol–water partition coefficient (Wildman–Crippen LogP) is 0.518. The monoisotopic (exact) mass is 357 g/mol. The molecule has 0 bridgehead atoms. The van der Waals surface area contributed by atoms with E-state index in [1.54, 1.807) is 11.7 Å². The molecule has 1 aliphatic rings. The van der Waals surface area contributed by atoms with Gasteiger partial charge in [-0.1, -0.05) is 0 Å². The molecule has 24 heavy (non-hydrogen) atoms. The van der Waals surface area contributed by atoms with Crippen molar-refractivity contribution in [3.63, 3.8) is 0 Å². The van der Waals surface area contributed by atoms with Crippen LogP contribution in [0.5, 0.6) is 0 Å². The van der Waals surface area contributed by atoms with Crippen LogP contribution in [0.1, 0.15) is 32.3 Å². The Bertz CT molecular complexity index is 581. The standard InChI is InChI=1S/C16H27N5O2.ClH/c1-16(2,3)19-14(22)10-20(4)15(23)13-8-17-7-12(13)11-6-18-21(5)9-11;/h6,9,12-13,17H,7-8,10H2,1-5H3,(H,19,22);1H/t12-,13+;/m1./s1. The van der Waals surface area contributed by atoms with Crippen LogP contribution in [-0.2, 0) is 16.6 Å². The maximum Gasteiger partial charge on any atom is 0.240 e. The molecule has 1 aromatic rings. The van der Waals surface area contributed by atoms with Gasteiger partial charge in [0, 0.05) is 44.8 Å². The van der Waals surface area contributed by atoms with Gasteiger partial charge >= 0.3 is 0 Å². The van der Waals surface area contributed by atoms with Crippen molar-refractivity contribution in [1.29, 1.82) is 0 Å². The number of carbonyl (C=O) groups excluding carboxylic acids is 2. The number of nitrogens with zero attached hydrogens (tertiary/aromatic N) is 3. The lowest BCUT2D eigenvalue weighted by molar-refractivity contribution is -0.138. The van der Waals surface area contributed by atoms with Gasteiger partial charge in [0.25, 0.3) is 0 Å². The molecule has 1 saturated heterocycles. The summed E-state index contributed by atoms with van der Waals surface area (Å²) >= 11 is 0. The average Bonchev–Trinajstić information content (AvgIpc) is 3.03. The molecule has 2 rings (SSSR count). The van der Waals surface area contributed by atoms with Gasteiger partial charge in [0.15, 0.2) is 0 Å². The van der Waals surface area contributed by atoms with Gasteiger partial charge in [-0.3, -0.25) is 14.3 Å². The number of aryl methyl sites for hydroxylation is 1. The molecule has 2 N–H and O–H groups in total. The average molecular weight is 358 g/mol. The lowest BCUT2D eigenvalue weighted by atomic mass is 9.90. The first-order valence-electron chi connectivity index (χ1n) is 7.92. The van der Waals surface area contributed by atoms with E-state index in [0.29, 0.717) is 6.54 Å². The fourth-order valence-corrected chi connectivity index (χ4v) is 2.95. The highest BCUT2D eigenvalue weighted by Gasteiger charge is 2.36. The zero-order valence-corrected chi connectivity index (χ0v) is 15.8. The van der Waals surface area contributed by atoms with Crippen molar-refractivity contribution >= 4 is 24.2 Å². The zero-order valence-electron chi connectivity index (χ0n) is 15.0. The SMILES string of the molecule is CN(CC(=O)NC(C)(C)C)C(=O)[C@H]1CNC[C@@H]1c1cnn(C)c1.Cl. The third-order valence-electron chi connectivity index (χ3n) is 3.96. The minimum Gasteiger partial charge on any atom is -0.350 e. The molecule has 8 heteroatoms. The fourth-order valence-electron chi connectivity index (χ4n) is 2.95. The van der Waals surface area contributed by atoms with Crippen LogP contribution in [0.3, 0.4) is 0 Å². The molecule has 1 fully saturated rings. The van der Waals surface area contributed by atoms with Gasteiger partial charge in [0.2, 0.25) is 11.8 Å². The van der Waals surface area contributed by atoms with E-state index < -0.39 is 0 Å². The Morgan fingerprint density at radius 2 is 2.08 bits per heavy atom. The molecule has 2 atom stereocenters. The van der Waals surface area contributed by atoms with Gasteiger partial charge in [0.05, 0.1) is 18.7 Å². The highest BCUT2D eigenvalue weighted by molar-refractivity contribution is 5.86. The largest absolute Gasteiger partial charge is 0.350 e. The summed E-state index contributed by atoms with van der Waals surface area (Å²) in [5.74, 6) is -0.207. The van der Waals surface area contributed by atoms with Crippen LogP contribution in [-0.4, -0.2) is 58.7 Å². The number of nitrogens with one attached hydrogen (secondary N) is 2. The molecule has 0 saturated carbocycles. The Balaban J connectivity index is 0.00000288. The highest BCUT2D eigenvalue weighted by Crippen LogP contribution is 2.29. The van der Waals surface area contributed by atoms with Crippen molar-refractivity contribution in [2.45, 2.75) is 32.2 Å². The van der Waals surface area contributed by atoms with E-state index in [1.807, 2.05) is 40.2 Å². The molecule has 0 spiro atoms. The molecule has 2 amide bonds. The van der Waals surface area contributed by atoms with Crippen LogP contribution in [0.25, 0.3) is 0 Å². The molecule has 136 valence electrons. The maximum absolute atomic E-state index is 12.7. The van der Waals surface area contributed by atoms with Crippen molar-refractivity contribution in [3.8, 4) is 0 Å². The Morgan fingerprint density at radius 1 is 1.42 bits per heavy atom. The summed E-state index contributed by atoms with van der Waals surface area (Å²) < 4.78 is 1.75. The normalized spacial score (nSPS) is 20.4. The molecule has 2 heterocycles. The lowest BCUT2D eigenvalue weighted by Crippen LogP contribution is -2.47. The van der Waals surface area contributed by atoms with Crippen LogP contribution in [0.4, 0.5) is 0 Å². The van der Waals surface area contributed by atoms with Gasteiger partial charge in [-0.25, -0.2) is 0 Å². The van der Waals surface area contributed by atoms with Gasteiger partial charge in [0.1, 0.15) is 0 Å². The first-order chi connectivity index (χ1) is 10.7. The Kier molecular flexibility index (Phi) is 6.80. The molecule has 1 aromatic heterocycles. The number of likely N-dealkylation sites (N-methyl/N-ethyl adjacent to an activating group) is 1. The Hall–Kier alpha value is -1.60. The molecule has 0 radical (unpaired) electrons. The number of hydrogen-bond donors (Lipinski definition) is 2. The van der Waals surface area contributed by atoms with Gasteiger partial charge in [-0.05, 0) is 26.3 Å². The smallest absolute Gasteiger partial charge is 0.240 e. The third-order valence-corrected chi connectivity index (χ3v) is 3.96. The van der Waals surface area contributed by atoms with E-state index in [2.05, 4.69) is 15.7 Å². The molecular formula is C16H28ClN5O2. The van der Waals surface area contributed by atoms with Crippen LogP contribution in [0, 0.1) is 5.92 Å². The van der Waals surface area contributed by atoms with E-state index in [4.69, 9.17) is 0 Å². The quantitative estimate of drug-likeness (QED) is 0.823. The molecule has 0 aromatic carbocycles. The van der Waals surface area contributed by atoms with Crippen LogP contribution in [0.2, 0.25) is 0 Å². The minimum atomic E-state index is -0.297. The van der Waals surface area contributed by atoms with Crippen molar-refractivity contribution in [2.75, 3.05) is 26.7 Å². The zero-order chi connectivity index (χ0) is 17.2. The number of aromatic nitrogens is 2. The number of amides is 2. The van der Waals surface area contributed by atoms with E-state index in [0.717, 1.165) is 12.1 Å². The van der Waals surface area contributed by atoms with Crippen LogP contribution >= 0.6 is 12.4 Å². The third kappa shape index (κ3) is 5.21. The second-order valence-corrected chi connectivity index (χ2v) is 7.31. The number of carbonyl (C=O) groups is 2. The van der Waals surface area contributed by atoms with Crippen molar-refractivity contribution < 1.29 is 9.59 Å². The highest BCUT2D eigenvalue weighted by atomic mass is 35.5. The summed E-state index contributed by atoms with van der Waals surface area (Å²) in [6.45, 7) is 7.23. The molecule has 1 aliphatic heterocycles. The summed E-state index contributed by atoms with van der Waals surface area (Å²) in [6.07, 6.45) is 3.76. The molecule has 7 nitrogen and oxygen atoms in total. The summed E-state index contributed by atoms with van der Waals surface area (Å²) in [4.78, 5) is 26.2. The fraction of sp³-hybridized carbons (Fsp3) is 0.688. The van der Waals surface area contributed by atoms with Crippen molar-refractivity contribution in [3.05, 3.63) is 18.0 Å². The van der Waals surface area contributed by atoms with Crippen molar-refractivity contribution in [1.82, 2.24) is 25.3 Å². The lowest BCUT2D eigenvalue weighted by Gasteiger charge is -2.26. The Labute approximate surface area is 149 Å². The van der Waals surface area contributed by atoms with E-state index in [1.165, 1.54) is 4.90 Å².